The zero-order valence-electron chi connectivity index (χ0n) is 9.72. The van der Waals surface area contributed by atoms with Crippen LogP contribution in [0.2, 0.25) is 0 Å². The molecule has 0 spiro atoms. The van der Waals surface area contributed by atoms with Crippen LogP contribution in [0.4, 0.5) is 0 Å². The van der Waals surface area contributed by atoms with Crippen molar-refractivity contribution in [3.05, 3.63) is 17.9 Å². The van der Waals surface area contributed by atoms with Gasteiger partial charge in [-0.2, -0.15) is 0 Å². The van der Waals surface area contributed by atoms with Crippen LogP contribution in [0.3, 0.4) is 0 Å². The second kappa shape index (κ2) is 4.77. The molecule has 2 heterocycles. The molecule has 1 aromatic rings. The topological polar surface area (TPSA) is 88.6 Å². The number of nitrogens with two attached hydrogens (primary N) is 1. The third-order valence-electron chi connectivity index (χ3n) is 2.87. The number of likely N-dealkylation sites (N-methyl/N-ethyl adjacent to an activating group) is 1. The van der Waals surface area contributed by atoms with E-state index < -0.39 is 10.0 Å². The van der Waals surface area contributed by atoms with Crippen molar-refractivity contribution in [2.24, 2.45) is 5.14 Å². The quantitative estimate of drug-likeness (QED) is 0.776. The van der Waals surface area contributed by atoms with Crippen molar-refractivity contribution in [1.29, 1.82) is 0 Å². The summed E-state index contributed by atoms with van der Waals surface area (Å²) in [4.78, 5) is 2.25. The van der Waals surface area contributed by atoms with Crippen LogP contribution >= 0.6 is 0 Å². The van der Waals surface area contributed by atoms with Gasteiger partial charge in [-0.05, 0) is 32.1 Å². The van der Waals surface area contributed by atoms with E-state index in [9.17, 15) is 8.42 Å². The molecule has 2 rings (SSSR count). The molecule has 1 fully saturated rings. The molecular weight excluding hydrogens is 242 g/mol. The zero-order chi connectivity index (χ0) is 12.5. The van der Waals surface area contributed by atoms with Gasteiger partial charge < -0.3 is 14.6 Å². The highest BCUT2D eigenvalue weighted by Crippen LogP contribution is 2.13. The predicted octanol–water partition coefficient (Wildman–Crippen LogP) is -0.279. The SMILES string of the molecule is CN1CCC(NCc2ccc(S(N)(=O)=O)o2)C1. The number of nitrogens with one attached hydrogen (secondary N) is 1. The number of sulfonamides is 1. The minimum atomic E-state index is -3.73. The van der Waals surface area contributed by atoms with Crippen LogP contribution in [0.1, 0.15) is 12.2 Å². The summed E-state index contributed by atoms with van der Waals surface area (Å²) in [6.45, 7) is 2.61. The van der Waals surface area contributed by atoms with Gasteiger partial charge >= 0.3 is 0 Å². The number of primary sulfonamides is 1. The maximum Gasteiger partial charge on any atom is 0.271 e. The monoisotopic (exact) mass is 259 g/mol. The van der Waals surface area contributed by atoms with Crippen LogP contribution < -0.4 is 10.5 Å². The molecule has 3 N–H and O–H groups in total. The predicted molar refractivity (Wildman–Crippen MR) is 62.8 cm³/mol. The van der Waals surface area contributed by atoms with Gasteiger partial charge in [0.25, 0.3) is 10.0 Å². The van der Waals surface area contributed by atoms with Gasteiger partial charge in [0.2, 0.25) is 5.09 Å². The molecule has 17 heavy (non-hydrogen) atoms. The molecule has 96 valence electrons. The van der Waals surface area contributed by atoms with Crippen LogP contribution in [0, 0.1) is 0 Å². The smallest absolute Gasteiger partial charge is 0.271 e. The van der Waals surface area contributed by atoms with E-state index in [1.165, 1.54) is 6.07 Å². The summed E-state index contributed by atoms with van der Waals surface area (Å²) in [6.07, 6.45) is 1.10. The van der Waals surface area contributed by atoms with Crippen LogP contribution in [-0.2, 0) is 16.6 Å². The average molecular weight is 259 g/mol. The lowest BCUT2D eigenvalue weighted by atomic mass is 10.2. The Morgan fingerprint density at radius 2 is 2.35 bits per heavy atom. The van der Waals surface area contributed by atoms with Crippen molar-refractivity contribution < 1.29 is 12.8 Å². The summed E-state index contributed by atoms with van der Waals surface area (Å²) in [5, 5.41) is 8.10. The highest BCUT2D eigenvalue weighted by Gasteiger charge is 2.19. The minimum absolute atomic E-state index is 0.183. The molecule has 1 atom stereocenters. The highest BCUT2D eigenvalue weighted by atomic mass is 32.2. The third kappa shape index (κ3) is 3.29. The molecule has 1 aromatic heterocycles. The largest absolute Gasteiger partial charge is 0.447 e. The van der Waals surface area contributed by atoms with Crippen molar-refractivity contribution in [2.45, 2.75) is 24.1 Å². The first-order valence-electron chi connectivity index (χ1n) is 5.48. The van der Waals surface area contributed by atoms with Crippen molar-refractivity contribution in [2.75, 3.05) is 20.1 Å². The normalized spacial score (nSPS) is 22.1. The van der Waals surface area contributed by atoms with E-state index in [1.807, 2.05) is 0 Å². The summed E-state index contributed by atoms with van der Waals surface area (Å²) in [6, 6.07) is 3.45. The van der Waals surface area contributed by atoms with E-state index in [4.69, 9.17) is 9.56 Å². The summed E-state index contributed by atoms with van der Waals surface area (Å²) in [7, 11) is -1.65. The minimum Gasteiger partial charge on any atom is -0.447 e. The van der Waals surface area contributed by atoms with Gasteiger partial charge in [-0.15, -0.1) is 0 Å². The standard InChI is InChI=1S/C10H17N3O3S/c1-13-5-4-8(7-13)12-6-9-2-3-10(16-9)17(11,14)15/h2-3,8,12H,4-7H2,1H3,(H2,11,14,15). The molecule has 0 saturated carbocycles. The number of nitrogens with zero attached hydrogens (tertiary/aromatic N) is 1. The summed E-state index contributed by atoms with van der Waals surface area (Å²) >= 11 is 0. The Kier molecular flexibility index (Phi) is 3.53. The second-order valence-electron chi connectivity index (χ2n) is 4.39. The van der Waals surface area contributed by atoms with E-state index in [0.29, 0.717) is 18.3 Å². The van der Waals surface area contributed by atoms with E-state index in [2.05, 4.69) is 17.3 Å². The van der Waals surface area contributed by atoms with Crippen LogP contribution in [-0.4, -0.2) is 39.5 Å². The lowest BCUT2D eigenvalue weighted by molar-refractivity contribution is 0.374. The van der Waals surface area contributed by atoms with Gasteiger partial charge in [0.1, 0.15) is 5.76 Å². The average Bonchev–Trinajstić information content (AvgIpc) is 2.82. The lowest BCUT2D eigenvalue weighted by Crippen LogP contribution is -2.30. The first-order chi connectivity index (χ1) is 7.95. The first-order valence-corrected chi connectivity index (χ1v) is 7.03. The number of hydrogen-bond donors (Lipinski definition) is 2. The second-order valence-corrected chi connectivity index (χ2v) is 5.89. The van der Waals surface area contributed by atoms with E-state index in [1.54, 1.807) is 6.07 Å². The molecule has 0 aromatic carbocycles. The summed E-state index contributed by atoms with van der Waals surface area (Å²) in [5.74, 6) is 0.587. The maximum atomic E-state index is 11.0. The fourth-order valence-corrected chi connectivity index (χ4v) is 2.43. The number of furan rings is 1. The molecule has 0 radical (unpaired) electrons. The number of hydrogen-bond acceptors (Lipinski definition) is 5. The highest BCUT2D eigenvalue weighted by molar-refractivity contribution is 7.89. The molecule has 1 aliphatic rings. The van der Waals surface area contributed by atoms with Gasteiger partial charge in [0.05, 0.1) is 6.54 Å². The molecule has 0 bridgehead atoms. The Labute approximate surface area is 101 Å². The molecule has 1 unspecified atom stereocenters. The molecule has 0 aliphatic carbocycles. The van der Waals surface area contributed by atoms with Crippen LogP contribution in [0.25, 0.3) is 0 Å². The fourth-order valence-electron chi connectivity index (χ4n) is 1.95. The molecule has 1 saturated heterocycles. The molecular formula is C10H17N3O3S. The maximum absolute atomic E-state index is 11.0. The van der Waals surface area contributed by atoms with Crippen molar-refractivity contribution in [3.63, 3.8) is 0 Å². The van der Waals surface area contributed by atoms with Crippen molar-refractivity contribution in [3.8, 4) is 0 Å². The van der Waals surface area contributed by atoms with Crippen LogP contribution in [0.15, 0.2) is 21.6 Å². The van der Waals surface area contributed by atoms with Crippen LogP contribution in [0.5, 0.6) is 0 Å². The fraction of sp³-hybridized carbons (Fsp3) is 0.600. The first kappa shape index (κ1) is 12.6. The Morgan fingerprint density at radius 1 is 1.59 bits per heavy atom. The lowest BCUT2D eigenvalue weighted by Gasteiger charge is -2.11. The van der Waals surface area contributed by atoms with E-state index in [0.717, 1.165) is 19.5 Å². The molecule has 6 nitrogen and oxygen atoms in total. The Bertz CT molecular complexity index is 483. The van der Waals surface area contributed by atoms with Gasteiger partial charge in [-0.25, -0.2) is 13.6 Å². The van der Waals surface area contributed by atoms with Gasteiger partial charge in [-0.3, -0.25) is 0 Å². The number of likely N-dealkylation sites (tertiary alicyclic amines) is 1. The van der Waals surface area contributed by atoms with Gasteiger partial charge in [0.15, 0.2) is 0 Å². The summed E-state index contributed by atoms with van der Waals surface area (Å²) in [5.41, 5.74) is 0. The third-order valence-corrected chi connectivity index (χ3v) is 3.65. The van der Waals surface area contributed by atoms with E-state index >= 15 is 0 Å². The van der Waals surface area contributed by atoms with Gasteiger partial charge in [0, 0.05) is 12.6 Å². The summed E-state index contributed by atoms with van der Waals surface area (Å²) < 4.78 is 27.2. The number of rotatable bonds is 4. The molecule has 7 heteroatoms. The molecule has 1 aliphatic heterocycles. The van der Waals surface area contributed by atoms with E-state index in [-0.39, 0.29) is 5.09 Å². The zero-order valence-corrected chi connectivity index (χ0v) is 10.5. The molecule has 0 amide bonds. The Morgan fingerprint density at radius 3 is 2.88 bits per heavy atom. The van der Waals surface area contributed by atoms with Crippen molar-refractivity contribution >= 4 is 10.0 Å². The van der Waals surface area contributed by atoms with Crippen molar-refractivity contribution in [1.82, 2.24) is 10.2 Å². The van der Waals surface area contributed by atoms with Gasteiger partial charge in [-0.1, -0.05) is 0 Å². The Hall–Kier alpha value is -0.890. The Balaban J connectivity index is 1.90.